The molecule has 0 radical (unpaired) electrons. The van der Waals surface area contributed by atoms with Crippen LogP contribution in [0.1, 0.15) is 26.2 Å². The van der Waals surface area contributed by atoms with Gasteiger partial charge in [0.05, 0.1) is 23.8 Å². The second-order valence-corrected chi connectivity index (χ2v) is 7.25. The summed E-state index contributed by atoms with van der Waals surface area (Å²) in [5, 5.41) is 2.55. The summed E-state index contributed by atoms with van der Waals surface area (Å²) in [6.45, 7) is 2.93. The van der Waals surface area contributed by atoms with Crippen molar-refractivity contribution in [3.8, 4) is 5.75 Å². The minimum Gasteiger partial charge on any atom is -0.488 e. The van der Waals surface area contributed by atoms with Gasteiger partial charge < -0.3 is 19.7 Å². The second kappa shape index (κ2) is 7.80. The van der Waals surface area contributed by atoms with Gasteiger partial charge in [0.2, 0.25) is 11.8 Å². The SMILES string of the molecule is CC(=O)NCC(=O)N1CCC[C@@]2(C[C@@H](Oc3ccc(F)c(Cl)c3)CO2)C1. The zero-order valence-corrected chi connectivity index (χ0v) is 15.4. The van der Waals surface area contributed by atoms with Crippen molar-refractivity contribution in [2.75, 3.05) is 26.2 Å². The second-order valence-electron chi connectivity index (χ2n) is 6.84. The molecule has 2 aliphatic heterocycles. The van der Waals surface area contributed by atoms with E-state index in [1.165, 1.54) is 25.1 Å². The van der Waals surface area contributed by atoms with Crippen LogP contribution in [0.15, 0.2) is 18.2 Å². The summed E-state index contributed by atoms with van der Waals surface area (Å²) in [6, 6.07) is 4.26. The summed E-state index contributed by atoms with van der Waals surface area (Å²) in [4.78, 5) is 25.0. The van der Waals surface area contributed by atoms with Crippen LogP contribution in [0.5, 0.6) is 5.75 Å². The lowest BCUT2D eigenvalue weighted by Gasteiger charge is -2.39. The van der Waals surface area contributed by atoms with E-state index in [2.05, 4.69) is 5.32 Å². The Morgan fingerprint density at radius 2 is 2.31 bits per heavy atom. The van der Waals surface area contributed by atoms with Crippen LogP contribution in [-0.2, 0) is 14.3 Å². The number of rotatable bonds is 4. The molecule has 0 aromatic heterocycles. The first-order valence-corrected chi connectivity index (χ1v) is 9.03. The van der Waals surface area contributed by atoms with Crippen molar-refractivity contribution in [2.45, 2.75) is 37.9 Å². The number of amides is 2. The Morgan fingerprint density at radius 1 is 1.50 bits per heavy atom. The van der Waals surface area contributed by atoms with Gasteiger partial charge in [-0.1, -0.05) is 11.6 Å². The van der Waals surface area contributed by atoms with Gasteiger partial charge in [-0.15, -0.1) is 0 Å². The first-order chi connectivity index (χ1) is 12.4. The fourth-order valence-corrected chi connectivity index (χ4v) is 3.70. The Balaban J connectivity index is 1.58. The fourth-order valence-electron chi connectivity index (χ4n) is 3.53. The van der Waals surface area contributed by atoms with Gasteiger partial charge >= 0.3 is 0 Å². The van der Waals surface area contributed by atoms with E-state index in [1.54, 1.807) is 4.90 Å². The zero-order valence-electron chi connectivity index (χ0n) is 14.6. The molecule has 2 fully saturated rings. The Kier molecular flexibility index (Phi) is 5.67. The van der Waals surface area contributed by atoms with E-state index in [-0.39, 0.29) is 29.5 Å². The molecule has 3 rings (SSSR count). The van der Waals surface area contributed by atoms with Crippen molar-refractivity contribution in [3.63, 3.8) is 0 Å². The molecule has 2 heterocycles. The molecular formula is C18H22ClFN2O4. The van der Waals surface area contributed by atoms with Crippen molar-refractivity contribution in [3.05, 3.63) is 29.0 Å². The third kappa shape index (κ3) is 4.45. The van der Waals surface area contributed by atoms with Crippen LogP contribution in [0.3, 0.4) is 0 Å². The number of carbonyl (C=O) groups excluding carboxylic acids is 2. The van der Waals surface area contributed by atoms with Gasteiger partial charge in [-0.3, -0.25) is 9.59 Å². The number of hydrogen-bond donors (Lipinski definition) is 1. The Hall–Kier alpha value is -1.86. The Bertz CT molecular complexity index is 702. The minimum atomic E-state index is -0.487. The summed E-state index contributed by atoms with van der Waals surface area (Å²) >= 11 is 5.79. The molecular weight excluding hydrogens is 363 g/mol. The molecule has 142 valence electrons. The Labute approximate surface area is 156 Å². The number of benzene rings is 1. The highest BCUT2D eigenvalue weighted by atomic mass is 35.5. The molecule has 1 aromatic rings. The molecule has 0 aliphatic carbocycles. The standard InChI is InChI=1S/C18H22ClFN2O4/c1-12(23)21-9-17(24)22-6-2-5-18(11-22)8-14(10-25-18)26-13-3-4-16(20)15(19)7-13/h3-4,7,14H,2,5-6,8-11H2,1H3,(H,21,23)/t14-,18-/m1/s1. The number of halogens is 2. The molecule has 2 aliphatic rings. The van der Waals surface area contributed by atoms with Gasteiger partial charge in [0.1, 0.15) is 17.7 Å². The van der Waals surface area contributed by atoms with E-state index in [9.17, 15) is 14.0 Å². The first-order valence-electron chi connectivity index (χ1n) is 8.65. The van der Waals surface area contributed by atoms with E-state index in [0.29, 0.717) is 31.9 Å². The average molecular weight is 385 g/mol. The van der Waals surface area contributed by atoms with Gasteiger partial charge in [-0.25, -0.2) is 4.39 Å². The Morgan fingerprint density at radius 3 is 3.04 bits per heavy atom. The molecule has 2 saturated heterocycles. The largest absolute Gasteiger partial charge is 0.488 e. The highest BCUT2D eigenvalue weighted by molar-refractivity contribution is 6.30. The number of nitrogens with one attached hydrogen (secondary N) is 1. The molecule has 0 bridgehead atoms. The van der Waals surface area contributed by atoms with Crippen LogP contribution in [-0.4, -0.2) is 54.7 Å². The van der Waals surface area contributed by atoms with Gasteiger partial charge in [-0.2, -0.15) is 0 Å². The topological polar surface area (TPSA) is 67.9 Å². The van der Waals surface area contributed by atoms with Gasteiger partial charge in [0.25, 0.3) is 0 Å². The number of nitrogens with zero attached hydrogens (tertiary/aromatic N) is 1. The van der Waals surface area contributed by atoms with Crippen LogP contribution in [0.2, 0.25) is 5.02 Å². The highest BCUT2D eigenvalue weighted by Gasteiger charge is 2.45. The maximum Gasteiger partial charge on any atom is 0.242 e. The fraction of sp³-hybridized carbons (Fsp3) is 0.556. The normalized spacial score (nSPS) is 25.3. The molecule has 1 N–H and O–H groups in total. The van der Waals surface area contributed by atoms with E-state index in [0.717, 1.165) is 12.8 Å². The molecule has 2 amide bonds. The molecule has 2 atom stereocenters. The van der Waals surface area contributed by atoms with E-state index in [1.807, 2.05) is 0 Å². The maximum absolute atomic E-state index is 13.3. The molecule has 26 heavy (non-hydrogen) atoms. The van der Waals surface area contributed by atoms with E-state index < -0.39 is 11.4 Å². The molecule has 8 heteroatoms. The zero-order chi connectivity index (χ0) is 18.7. The third-order valence-electron chi connectivity index (χ3n) is 4.75. The van der Waals surface area contributed by atoms with E-state index in [4.69, 9.17) is 21.1 Å². The quantitative estimate of drug-likeness (QED) is 0.863. The molecule has 1 aromatic carbocycles. The lowest BCUT2D eigenvalue weighted by Crippen LogP contribution is -2.52. The average Bonchev–Trinajstić information content (AvgIpc) is 2.97. The third-order valence-corrected chi connectivity index (χ3v) is 5.04. The molecule has 6 nitrogen and oxygen atoms in total. The molecule has 0 unspecified atom stereocenters. The summed E-state index contributed by atoms with van der Waals surface area (Å²) < 4.78 is 25.1. The van der Waals surface area contributed by atoms with Crippen molar-refractivity contribution >= 4 is 23.4 Å². The lowest BCUT2D eigenvalue weighted by molar-refractivity contribution is -0.139. The first kappa shape index (κ1) is 18.9. The van der Waals surface area contributed by atoms with Crippen molar-refractivity contribution < 1.29 is 23.5 Å². The van der Waals surface area contributed by atoms with Crippen LogP contribution < -0.4 is 10.1 Å². The van der Waals surface area contributed by atoms with Crippen LogP contribution in [0.25, 0.3) is 0 Å². The number of carbonyl (C=O) groups is 2. The van der Waals surface area contributed by atoms with Gasteiger partial charge in [-0.05, 0) is 25.0 Å². The number of piperidine rings is 1. The van der Waals surface area contributed by atoms with Crippen molar-refractivity contribution in [1.82, 2.24) is 10.2 Å². The van der Waals surface area contributed by atoms with Crippen LogP contribution in [0.4, 0.5) is 4.39 Å². The summed E-state index contributed by atoms with van der Waals surface area (Å²) in [5.74, 6) is -0.332. The predicted molar refractivity (Wildman–Crippen MR) is 93.6 cm³/mol. The van der Waals surface area contributed by atoms with Crippen LogP contribution in [0, 0.1) is 5.82 Å². The van der Waals surface area contributed by atoms with Gasteiger partial charge in [0, 0.05) is 32.5 Å². The number of ether oxygens (including phenoxy) is 2. The summed E-state index contributed by atoms with van der Waals surface area (Å²) in [6.07, 6.45) is 2.15. The number of likely N-dealkylation sites (tertiary alicyclic amines) is 1. The highest BCUT2D eigenvalue weighted by Crippen LogP contribution is 2.36. The predicted octanol–water partition coefficient (Wildman–Crippen LogP) is 2.14. The number of hydrogen-bond acceptors (Lipinski definition) is 4. The maximum atomic E-state index is 13.3. The minimum absolute atomic E-state index is 0.000575. The van der Waals surface area contributed by atoms with Crippen molar-refractivity contribution in [2.24, 2.45) is 0 Å². The summed E-state index contributed by atoms with van der Waals surface area (Å²) in [7, 11) is 0. The molecule has 1 spiro atoms. The van der Waals surface area contributed by atoms with Gasteiger partial charge in [0.15, 0.2) is 0 Å². The monoisotopic (exact) mass is 384 g/mol. The smallest absolute Gasteiger partial charge is 0.242 e. The van der Waals surface area contributed by atoms with E-state index >= 15 is 0 Å². The van der Waals surface area contributed by atoms with Crippen LogP contribution >= 0.6 is 11.6 Å². The lowest BCUT2D eigenvalue weighted by atomic mass is 9.89. The molecule has 0 saturated carbocycles. The van der Waals surface area contributed by atoms with Crippen molar-refractivity contribution in [1.29, 1.82) is 0 Å². The summed E-state index contributed by atoms with van der Waals surface area (Å²) in [5.41, 5.74) is -0.432.